The van der Waals surface area contributed by atoms with Crippen molar-refractivity contribution < 1.29 is 9.59 Å². The first-order valence-electron chi connectivity index (χ1n) is 9.35. The van der Waals surface area contributed by atoms with E-state index in [4.69, 9.17) is 4.98 Å². The van der Waals surface area contributed by atoms with Gasteiger partial charge in [-0.1, -0.05) is 6.07 Å². The average molecular weight is 344 g/mol. The van der Waals surface area contributed by atoms with E-state index in [0.717, 1.165) is 56.7 Å². The second kappa shape index (κ2) is 8.43. The number of likely N-dealkylation sites (tertiary alicyclic amines) is 2. The van der Waals surface area contributed by atoms with Crippen LogP contribution in [0, 0.1) is 0 Å². The van der Waals surface area contributed by atoms with Gasteiger partial charge in [0.2, 0.25) is 11.8 Å². The van der Waals surface area contributed by atoms with Gasteiger partial charge in [-0.15, -0.1) is 0 Å². The van der Waals surface area contributed by atoms with Gasteiger partial charge in [-0.25, -0.2) is 0 Å². The minimum absolute atomic E-state index is 0.0539. The summed E-state index contributed by atoms with van der Waals surface area (Å²) in [7, 11) is 0. The molecule has 3 heterocycles. The lowest BCUT2D eigenvalue weighted by Crippen LogP contribution is -2.42. The Bertz CT molecular complexity index is 613. The second-order valence-corrected chi connectivity index (χ2v) is 7.03. The number of amides is 2. The first-order valence-corrected chi connectivity index (χ1v) is 9.35. The summed E-state index contributed by atoms with van der Waals surface area (Å²) in [6, 6.07) is 6.15. The molecule has 6 heteroatoms. The maximum Gasteiger partial charge on any atom is 0.236 e. The monoisotopic (exact) mass is 344 g/mol. The number of pyridine rings is 1. The van der Waals surface area contributed by atoms with Crippen molar-refractivity contribution >= 4 is 11.8 Å². The van der Waals surface area contributed by atoms with Crippen LogP contribution in [0.1, 0.15) is 56.5 Å². The fourth-order valence-corrected chi connectivity index (χ4v) is 3.76. The van der Waals surface area contributed by atoms with Gasteiger partial charge in [0.25, 0.3) is 0 Å². The molecule has 2 fully saturated rings. The number of nitrogens with zero attached hydrogens (tertiary/aromatic N) is 3. The van der Waals surface area contributed by atoms with Crippen LogP contribution >= 0.6 is 0 Å². The van der Waals surface area contributed by atoms with Gasteiger partial charge in [-0.2, -0.15) is 0 Å². The zero-order valence-electron chi connectivity index (χ0n) is 15.0. The van der Waals surface area contributed by atoms with Crippen LogP contribution in [0.5, 0.6) is 0 Å². The van der Waals surface area contributed by atoms with Crippen LogP contribution in [-0.2, 0) is 16.1 Å². The Balaban J connectivity index is 1.63. The molecule has 0 bridgehead atoms. The van der Waals surface area contributed by atoms with E-state index in [1.807, 2.05) is 23.1 Å². The topological polar surface area (TPSA) is 65.5 Å². The summed E-state index contributed by atoms with van der Waals surface area (Å²) in [5.74, 6) is 0.197. The van der Waals surface area contributed by atoms with Crippen molar-refractivity contribution in [1.29, 1.82) is 0 Å². The van der Waals surface area contributed by atoms with Gasteiger partial charge in [-0.05, 0) is 50.8 Å². The van der Waals surface area contributed by atoms with E-state index < -0.39 is 0 Å². The van der Waals surface area contributed by atoms with Crippen LogP contribution in [-0.4, -0.2) is 52.8 Å². The Morgan fingerprint density at radius 1 is 1.16 bits per heavy atom. The third-order valence-electron chi connectivity index (χ3n) is 5.10. The Morgan fingerprint density at radius 3 is 2.72 bits per heavy atom. The average Bonchev–Trinajstić information content (AvgIpc) is 3.09. The van der Waals surface area contributed by atoms with Gasteiger partial charge in [0, 0.05) is 20.0 Å². The zero-order valence-corrected chi connectivity index (χ0v) is 15.0. The lowest BCUT2D eigenvalue weighted by Gasteiger charge is -2.30. The predicted molar refractivity (Wildman–Crippen MR) is 95.7 cm³/mol. The second-order valence-electron chi connectivity index (χ2n) is 7.03. The van der Waals surface area contributed by atoms with Gasteiger partial charge in [-0.3, -0.25) is 19.5 Å². The summed E-state index contributed by atoms with van der Waals surface area (Å²) < 4.78 is 0. The molecule has 2 aliphatic rings. The molecule has 2 amide bonds. The Kier molecular flexibility index (Phi) is 6.02. The summed E-state index contributed by atoms with van der Waals surface area (Å²) in [6.45, 7) is 5.20. The molecular formula is C19H28N4O2. The highest BCUT2D eigenvalue weighted by Gasteiger charge is 2.30. The van der Waals surface area contributed by atoms with Crippen LogP contribution in [0.4, 0.5) is 0 Å². The number of aromatic nitrogens is 1. The third-order valence-corrected chi connectivity index (χ3v) is 5.10. The van der Waals surface area contributed by atoms with Crippen molar-refractivity contribution in [3.05, 3.63) is 29.6 Å². The number of hydrogen-bond acceptors (Lipinski definition) is 4. The van der Waals surface area contributed by atoms with Gasteiger partial charge in [0.15, 0.2) is 0 Å². The van der Waals surface area contributed by atoms with E-state index in [2.05, 4.69) is 10.2 Å². The molecule has 1 N–H and O–H groups in total. The maximum atomic E-state index is 12.6. The van der Waals surface area contributed by atoms with Gasteiger partial charge in [0.05, 0.1) is 30.5 Å². The quantitative estimate of drug-likeness (QED) is 0.885. The molecule has 2 aliphatic heterocycles. The smallest absolute Gasteiger partial charge is 0.236 e. The number of nitrogens with one attached hydrogen (secondary N) is 1. The van der Waals surface area contributed by atoms with Gasteiger partial charge < -0.3 is 10.2 Å². The normalized spacial score (nSPS) is 21.3. The van der Waals surface area contributed by atoms with Crippen molar-refractivity contribution in [2.45, 2.75) is 51.6 Å². The minimum Gasteiger partial charge on any atom is -0.351 e. The SMILES string of the molecule is CC(=O)NCc1cccc([C@@H]2CCCN2CC(=O)N2CCCCC2)n1. The number of hydrogen-bond donors (Lipinski definition) is 1. The number of carbonyl (C=O) groups is 2. The van der Waals surface area contributed by atoms with Crippen molar-refractivity contribution in [2.24, 2.45) is 0 Å². The number of carbonyl (C=O) groups excluding carboxylic acids is 2. The van der Waals surface area contributed by atoms with E-state index in [9.17, 15) is 9.59 Å². The molecule has 3 rings (SSSR count). The molecule has 0 radical (unpaired) electrons. The minimum atomic E-state index is -0.0539. The highest BCUT2D eigenvalue weighted by Crippen LogP contribution is 2.30. The first-order chi connectivity index (χ1) is 12.1. The van der Waals surface area contributed by atoms with E-state index in [1.54, 1.807) is 0 Å². The fourth-order valence-electron chi connectivity index (χ4n) is 3.76. The van der Waals surface area contributed by atoms with Crippen LogP contribution in [0.3, 0.4) is 0 Å². The lowest BCUT2D eigenvalue weighted by molar-refractivity contribution is -0.133. The summed E-state index contributed by atoms with van der Waals surface area (Å²) in [5, 5.41) is 2.79. The standard InChI is InChI=1S/C19H28N4O2/c1-15(24)20-13-16-7-5-8-17(21-16)18-9-6-12-23(18)14-19(25)22-10-3-2-4-11-22/h5,7-8,18H,2-4,6,9-14H2,1H3,(H,20,24)/t18-/m0/s1. The van der Waals surface area contributed by atoms with Gasteiger partial charge >= 0.3 is 0 Å². The number of rotatable bonds is 5. The van der Waals surface area contributed by atoms with Crippen LogP contribution in [0.25, 0.3) is 0 Å². The summed E-state index contributed by atoms with van der Waals surface area (Å²) in [6.07, 6.45) is 5.62. The molecule has 1 atom stereocenters. The summed E-state index contributed by atoms with van der Waals surface area (Å²) in [4.78, 5) is 32.7. The van der Waals surface area contributed by atoms with Crippen molar-refractivity contribution in [1.82, 2.24) is 20.1 Å². The first kappa shape index (κ1) is 17.9. The lowest BCUT2D eigenvalue weighted by atomic mass is 10.1. The molecule has 2 saturated heterocycles. The van der Waals surface area contributed by atoms with E-state index in [0.29, 0.717) is 13.1 Å². The van der Waals surface area contributed by atoms with Crippen LogP contribution in [0.2, 0.25) is 0 Å². The molecule has 0 spiro atoms. The molecule has 0 aromatic carbocycles. The number of piperidine rings is 1. The van der Waals surface area contributed by atoms with Crippen molar-refractivity contribution in [3.63, 3.8) is 0 Å². The largest absolute Gasteiger partial charge is 0.351 e. The summed E-state index contributed by atoms with van der Waals surface area (Å²) in [5.41, 5.74) is 1.87. The Morgan fingerprint density at radius 2 is 1.96 bits per heavy atom. The molecule has 1 aromatic heterocycles. The Hall–Kier alpha value is -1.95. The molecule has 0 aliphatic carbocycles. The van der Waals surface area contributed by atoms with Gasteiger partial charge in [0.1, 0.15) is 0 Å². The molecule has 1 aromatic rings. The highest BCUT2D eigenvalue weighted by molar-refractivity contribution is 5.78. The zero-order chi connectivity index (χ0) is 17.6. The fraction of sp³-hybridized carbons (Fsp3) is 0.632. The summed E-state index contributed by atoms with van der Waals surface area (Å²) >= 11 is 0. The highest BCUT2D eigenvalue weighted by atomic mass is 16.2. The predicted octanol–water partition coefficient (Wildman–Crippen LogP) is 1.87. The molecule has 6 nitrogen and oxygen atoms in total. The Labute approximate surface area is 149 Å². The molecule has 0 unspecified atom stereocenters. The maximum absolute atomic E-state index is 12.6. The molecule has 136 valence electrons. The van der Waals surface area contributed by atoms with Crippen molar-refractivity contribution in [3.8, 4) is 0 Å². The van der Waals surface area contributed by atoms with E-state index in [1.165, 1.54) is 13.3 Å². The van der Waals surface area contributed by atoms with Crippen LogP contribution in [0.15, 0.2) is 18.2 Å². The van der Waals surface area contributed by atoms with E-state index in [-0.39, 0.29) is 17.9 Å². The molecular weight excluding hydrogens is 316 g/mol. The third kappa shape index (κ3) is 4.78. The molecule has 25 heavy (non-hydrogen) atoms. The van der Waals surface area contributed by atoms with Crippen molar-refractivity contribution in [2.75, 3.05) is 26.2 Å². The molecule has 0 saturated carbocycles. The van der Waals surface area contributed by atoms with Crippen LogP contribution < -0.4 is 5.32 Å². The van der Waals surface area contributed by atoms with E-state index >= 15 is 0 Å².